The van der Waals surface area contributed by atoms with Crippen LogP contribution in [0, 0.1) is 5.92 Å². The summed E-state index contributed by atoms with van der Waals surface area (Å²) in [5, 5.41) is 2.94. The molecule has 1 saturated heterocycles. The fourth-order valence-corrected chi connectivity index (χ4v) is 5.27. The maximum Gasteiger partial charge on any atom is 0.255 e. The van der Waals surface area contributed by atoms with E-state index in [1.54, 1.807) is 13.0 Å². The van der Waals surface area contributed by atoms with E-state index in [1.165, 1.54) is 18.2 Å². The van der Waals surface area contributed by atoms with Crippen molar-refractivity contribution in [1.82, 2.24) is 0 Å². The lowest BCUT2D eigenvalue weighted by atomic mass is 10.0. The van der Waals surface area contributed by atoms with Crippen LogP contribution < -0.4 is 9.62 Å². The van der Waals surface area contributed by atoms with Crippen LogP contribution in [0.25, 0.3) is 0 Å². The Morgan fingerprint density at radius 2 is 1.89 bits per heavy atom. The molecule has 0 spiro atoms. The average Bonchev–Trinajstić information content (AvgIpc) is 2.83. The molecule has 0 bridgehead atoms. The molecule has 0 saturated carbocycles. The Morgan fingerprint density at radius 3 is 2.50 bits per heavy atom. The predicted molar refractivity (Wildman–Crippen MR) is 110 cm³/mol. The fourth-order valence-electron chi connectivity index (χ4n) is 3.19. The van der Waals surface area contributed by atoms with E-state index >= 15 is 0 Å². The number of hydrogen-bond acceptors (Lipinski definition) is 4. The summed E-state index contributed by atoms with van der Waals surface area (Å²) >= 11 is 6.16. The van der Waals surface area contributed by atoms with E-state index < -0.39 is 27.8 Å². The fraction of sp³-hybridized carbons (Fsp3) is 0.300. The van der Waals surface area contributed by atoms with Gasteiger partial charge in [0.05, 0.1) is 22.4 Å². The maximum absolute atomic E-state index is 12.8. The lowest BCUT2D eigenvalue weighted by molar-refractivity contribution is -0.119. The molecular formula is C20H21ClN2O4S. The van der Waals surface area contributed by atoms with Gasteiger partial charge >= 0.3 is 0 Å². The summed E-state index contributed by atoms with van der Waals surface area (Å²) < 4.78 is 25.5. The molecule has 6 nitrogen and oxygen atoms in total. The molecule has 8 heteroatoms. The smallest absolute Gasteiger partial charge is 0.255 e. The monoisotopic (exact) mass is 420 g/mol. The van der Waals surface area contributed by atoms with Gasteiger partial charge in [0, 0.05) is 11.3 Å². The summed E-state index contributed by atoms with van der Waals surface area (Å²) in [5.74, 6) is -1.68. The first-order valence-electron chi connectivity index (χ1n) is 8.88. The zero-order chi connectivity index (χ0) is 20.6. The van der Waals surface area contributed by atoms with Crippen molar-refractivity contribution in [3.63, 3.8) is 0 Å². The van der Waals surface area contributed by atoms with Crippen LogP contribution in [0.5, 0.6) is 0 Å². The molecule has 2 amide bonds. The van der Waals surface area contributed by atoms with Gasteiger partial charge in [-0.05, 0) is 35.7 Å². The summed E-state index contributed by atoms with van der Waals surface area (Å²) in [6, 6.07) is 11.7. The Kier molecular flexibility index (Phi) is 5.50. The van der Waals surface area contributed by atoms with E-state index in [9.17, 15) is 18.0 Å². The Morgan fingerprint density at radius 1 is 1.21 bits per heavy atom. The number of para-hydroxylation sites is 1. The van der Waals surface area contributed by atoms with Gasteiger partial charge in [-0.2, -0.15) is 0 Å². The molecule has 2 aromatic carbocycles. The third kappa shape index (κ3) is 3.77. The van der Waals surface area contributed by atoms with Crippen LogP contribution in [0.1, 0.15) is 42.6 Å². The summed E-state index contributed by atoms with van der Waals surface area (Å²) in [4.78, 5) is 25.1. The molecule has 0 aliphatic carbocycles. The zero-order valence-corrected chi connectivity index (χ0v) is 17.3. The van der Waals surface area contributed by atoms with Crippen LogP contribution in [0.15, 0.2) is 42.5 Å². The molecule has 1 unspecified atom stereocenters. The number of rotatable bonds is 4. The van der Waals surface area contributed by atoms with Gasteiger partial charge in [0.25, 0.3) is 5.91 Å². The van der Waals surface area contributed by atoms with Gasteiger partial charge in [0.1, 0.15) is 0 Å². The summed E-state index contributed by atoms with van der Waals surface area (Å²) in [6.07, 6.45) is 0. The minimum absolute atomic E-state index is 0.000751. The highest BCUT2D eigenvalue weighted by atomic mass is 35.5. The number of carbonyl (C=O) groups is 2. The van der Waals surface area contributed by atoms with Crippen molar-refractivity contribution in [1.29, 1.82) is 0 Å². The molecule has 0 aromatic heterocycles. The highest BCUT2D eigenvalue weighted by Crippen LogP contribution is 2.35. The molecule has 148 valence electrons. The number of anilines is 2. The normalized spacial score (nSPS) is 18.5. The predicted octanol–water partition coefficient (Wildman–Crippen LogP) is 4.03. The number of nitrogens with zero attached hydrogens (tertiary/aromatic N) is 1. The van der Waals surface area contributed by atoms with Gasteiger partial charge in [-0.1, -0.05) is 50.6 Å². The lowest BCUT2D eigenvalue weighted by Crippen LogP contribution is -2.30. The number of nitrogens with one attached hydrogen (secondary N) is 1. The molecular weight excluding hydrogens is 400 g/mol. The first-order chi connectivity index (χ1) is 13.1. The van der Waals surface area contributed by atoms with Crippen molar-refractivity contribution >= 4 is 44.8 Å². The molecule has 28 heavy (non-hydrogen) atoms. The van der Waals surface area contributed by atoms with Crippen molar-refractivity contribution in [3.05, 3.63) is 58.6 Å². The van der Waals surface area contributed by atoms with E-state index in [0.717, 1.165) is 5.56 Å². The number of hydrogen-bond donors (Lipinski definition) is 1. The van der Waals surface area contributed by atoms with Crippen LogP contribution in [0.3, 0.4) is 0 Å². The number of carbonyl (C=O) groups excluding carboxylic acids is 2. The summed E-state index contributed by atoms with van der Waals surface area (Å²) in [6.45, 7) is 5.60. The standard InChI is InChI=1S/C20H21ClN2O4S/c1-12(2)15-6-4-5-7-17(15)22-19(24)14-8-9-16(21)18(10-14)23-20(25)13(3)11-28(23,26)27/h4-10,12-13H,11H2,1-3H3,(H,22,24). The number of halogens is 1. The number of amides is 2. The van der Waals surface area contributed by atoms with Gasteiger partial charge < -0.3 is 5.32 Å². The van der Waals surface area contributed by atoms with E-state index in [2.05, 4.69) is 5.32 Å². The van der Waals surface area contributed by atoms with E-state index in [-0.39, 0.29) is 27.9 Å². The molecule has 1 fully saturated rings. The van der Waals surface area contributed by atoms with E-state index in [4.69, 9.17) is 11.6 Å². The van der Waals surface area contributed by atoms with E-state index in [0.29, 0.717) is 9.99 Å². The van der Waals surface area contributed by atoms with E-state index in [1.807, 2.05) is 32.0 Å². The van der Waals surface area contributed by atoms with Gasteiger partial charge in [0.2, 0.25) is 15.9 Å². The lowest BCUT2D eigenvalue weighted by Gasteiger charge is -2.18. The minimum Gasteiger partial charge on any atom is -0.322 e. The highest BCUT2D eigenvalue weighted by molar-refractivity contribution is 7.94. The maximum atomic E-state index is 12.8. The Bertz CT molecular complexity index is 1050. The second-order valence-electron chi connectivity index (χ2n) is 7.14. The molecule has 1 aliphatic heterocycles. The second-order valence-corrected chi connectivity index (χ2v) is 9.41. The molecule has 1 N–H and O–H groups in total. The first-order valence-corrected chi connectivity index (χ1v) is 10.9. The molecule has 0 radical (unpaired) electrons. The number of benzene rings is 2. The second kappa shape index (κ2) is 7.56. The third-order valence-corrected chi connectivity index (χ3v) is 6.79. The van der Waals surface area contributed by atoms with Crippen molar-refractivity contribution in [2.24, 2.45) is 5.92 Å². The van der Waals surface area contributed by atoms with Crippen molar-refractivity contribution < 1.29 is 18.0 Å². The topological polar surface area (TPSA) is 83.6 Å². The SMILES string of the molecule is CC1CS(=O)(=O)N(c2cc(C(=O)Nc3ccccc3C(C)C)ccc2Cl)C1=O. The molecule has 3 rings (SSSR count). The van der Waals surface area contributed by atoms with Crippen LogP contribution in [0.2, 0.25) is 5.02 Å². The van der Waals surface area contributed by atoms with Crippen molar-refractivity contribution in [2.45, 2.75) is 26.7 Å². The van der Waals surface area contributed by atoms with Gasteiger partial charge in [-0.15, -0.1) is 0 Å². The summed E-state index contributed by atoms with van der Waals surface area (Å²) in [5.41, 5.74) is 1.87. The van der Waals surface area contributed by atoms with Gasteiger partial charge in [0.15, 0.2) is 0 Å². The third-order valence-electron chi connectivity index (χ3n) is 4.62. The van der Waals surface area contributed by atoms with Crippen LogP contribution in [-0.4, -0.2) is 26.0 Å². The van der Waals surface area contributed by atoms with Crippen LogP contribution in [-0.2, 0) is 14.8 Å². The van der Waals surface area contributed by atoms with Crippen molar-refractivity contribution in [2.75, 3.05) is 15.4 Å². The first kappa shape index (κ1) is 20.4. The number of sulfonamides is 1. The van der Waals surface area contributed by atoms with Crippen LogP contribution in [0.4, 0.5) is 11.4 Å². The quantitative estimate of drug-likeness (QED) is 0.809. The van der Waals surface area contributed by atoms with Crippen LogP contribution >= 0.6 is 11.6 Å². The highest BCUT2D eigenvalue weighted by Gasteiger charge is 2.43. The Labute approximate surface area is 169 Å². The molecule has 1 heterocycles. The molecule has 1 atom stereocenters. The average molecular weight is 421 g/mol. The summed E-state index contributed by atoms with van der Waals surface area (Å²) in [7, 11) is -3.81. The van der Waals surface area contributed by atoms with Gasteiger partial charge in [-0.3, -0.25) is 9.59 Å². The Balaban J connectivity index is 1.96. The molecule has 1 aliphatic rings. The van der Waals surface area contributed by atoms with Crippen molar-refractivity contribution in [3.8, 4) is 0 Å². The van der Waals surface area contributed by atoms with Gasteiger partial charge in [-0.25, -0.2) is 12.7 Å². The molecule has 2 aromatic rings. The Hall–Kier alpha value is -2.38. The largest absolute Gasteiger partial charge is 0.322 e. The minimum atomic E-state index is -3.81. The zero-order valence-electron chi connectivity index (χ0n) is 15.8.